The summed E-state index contributed by atoms with van der Waals surface area (Å²) < 4.78 is 0. The number of anilines is 1. The smallest absolute Gasteiger partial charge is 0.228 e. The van der Waals surface area contributed by atoms with Crippen LogP contribution >= 0.6 is 0 Å². The molecule has 0 N–H and O–H groups in total. The van der Waals surface area contributed by atoms with Crippen LogP contribution in [-0.4, -0.2) is 51.9 Å². The Morgan fingerprint density at radius 2 is 1.43 bits per heavy atom. The largest absolute Gasteiger partial charge is 0.342 e. The summed E-state index contributed by atoms with van der Waals surface area (Å²) >= 11 is 0. The third-order valence-electron chi connectivity index (χ3n) is 4.89. The minimum atomic E-state index is 0.174. The Bertz CT molecular complexity index is 526. The molecule has 126 valence electrons. The van der Waals surface area contributed by atoms with Crippen molar-refractivity contribution >= 4 is 11.9 Å². The number of aryl methyl sites for hydroxylation is 2. The van der Waals surface area contributed by atoms with Gasteiger partial charge in [0.05, 0.1) is 0 Å². The third-order valence-corrected chi connectivity index (χ3v) is 4.89. The van der Waals surface area contributed by atoms with Crippen LogP contribution in [0.2, 0.25) is 0 Å². The molecule has 3 heterocycles. The van der Waals surface area contributed by atoms with E-state index in [2.05, 4.69) is 24.8 Å². The number of piperidine rings is 1. The van der Waals surface area contributed by atoms with Crippen LogP contribution in [0.1, 0.15) is 50.2 Å². The minimum absolute atomic E-state index is 0.174. The summed E-state index contributed by atoms with van der Waals surface area (Å²) in [7, 11) is 0. The molecule has 0 saturated carbocycles. The Morgan fingerprint density at radius 1 is 0.870 bits per heavy atom. The molecule has 3 rings (SSSR count). The molecule has 0 unspecified atom stereocenters. The zero-order chi connectivity index (χ0) is 16.2. The summed E-state index contributed by atoms with van der Waals surface area (Å²) in [5.74, 6) is 2.82. The summed E-state index contributed by atoms with van der Waals surface area (Å²) in [5, 5.41) is 0. The molecule has 1 aromatic rings. The van der Waals surface area contributed by atoms with Crippen LogP contribution in [0.15, 0.2) is 0 Å². The molecule has 0 atom stereocenters. The molecule has 2 aliphatic rings. The second-order valence-corrected chi connectivity index (χ2v) is 6.73. The number of hydrogen-bond donors (Lipinski definition) is 0. The number of nitrogens with zero attached hydrogens (tertiary/aromatic N) is 5. The number of amides is 1. The maximum atomic E-state index is 12.7. The number of carbonyl (C=O) groups excluding carboxylic acids is 1. The van der Waals surface area contributed by atoms with E-state index in [1.54, 1.807) is 0 Å². The van der Waals surface area contributed by atoms with Crippen molar-refractivity contribution in [1.29, 1.82) is 0 Å². The molecule has 6 nitrogen and oxygen atoms in total. The van der Waals surface area contributed by atoms with E-state index in [1.807, 2.05) is 13.8 Å². The summed E-state index contributed by atoms with van der Waals surface area (Å²) in [6, 6.07) is 0. The lowest BCUT2D eigenvalue weighted by Crippen LogP contribution is -2.43. The van der Waals surface area contributed by atoms with Gasteiger partial charge in [-0.1, -0.05) is 12.8 Å². The zero-order valence-corrected chi connectivity index (χ0v) is 14.3. The molecule has 2 aliphatic heterocycles. The van der Waals surface area contributed by atoms with Crippen molar-refractivity contribution in [3.05, 3.63) is 11.6 Å². The van der Waals surface area contributed by atoms with Crippen LogP contribution in [0.3, 0.4) is 0 Å². The highest BCUT2D eigenvalue weighted by atomic mass is 16.2. The molecule has 1 amide bonds. The van der Waals surface area contributed by atoms with Gasteiger partial charge in [-0.05, 0) is 39.5 Å². The molecule has 0 aromatic carbocycles. The molecule has 0 spiro atoms. The molecular weight excluding hydrogens is 290 g/mol. The number of likely N-dealkylation sites (tertiary alicyclic amines) is 1. The third kappa shape index (κ3) is 3.98. The van der Waals surface area contributed by atoms with Crippen molar-refractivity contribution in [3.8, 4) is 0 Å². The van der Waals surface area contributed by atoms with Gasteiger partial charge in [0.1, 0.15) is 11.6 Å². The Hall–Kier alpha value is -1.72. The van der Waals surface area contributed by atoms with Crippen LogP contribution in [0, 0.1) is 19.8 Å². The lowest BCUT2D eigenvalue weighted by atomic mass is 9.95. The Balaban J connectivity index is 1.58. The fraction of sp³-hybridized carbons (Fsp3) is 0.765. The van der Waals surface area contributed by atoms with Gasteiger partial charge in [-0.15, -0.1) is 0 Å². The van der Waals surface area contributed by atoms with Gasteiger partial charge in [0.25, 0.3) is 0 Å². The van der Waals surface area contributed by atoms with Gasteiger partial charge in [0.2, 0.25) is 11.9 Å². The van der Waals surface area contributed by atoms with E-state index in [-0.39, 0.29) is 5.92 Å². The normalized spacial score (nSPS) is 20.4. The van der Waals surface area contributed by atoms with E-state index in [4.69, 9.17) is 0 Å². The number of hydrogen-bond acceptors (Lipinski definition) is 5. The fourth-order valence-electron chi connectivity index (χ4n) is 3.62. The second kappa shape index (κ2) is 7.23. The monoisotopic (exact) mass is 317 g/mol. The van der Waals surface area contributed by atoms with Crippen LogP contribution in [0.5, 0.6) is 0 Å². The molecule has 6 heteroatoms. The molecule has 0 radical (unpaired) electrons. The maximum Gasteiger partial charge on any atom is 0.228 e. The van der Waals surface area contributed by atoms with Crippen molar-refractivity contribution < 1.29 is 4.79 Å². The fourth-order valence-corrected chi connectivity index (χ4v) is 3.62. The zero-order valence-electron chi connectivity index (χ0n) is 14.3. The highest BCUT2D eigenvalue weighted by Crippen LogP contribution is 2.24. The molecule has 23 heavy (non-hydrogen) atoms. The van der Waals surface area contributed by atoms with Gasteiger partial charge < -0.3 is 9.80 Å². The molecule has 0 aliphatic carbocycles. The lowest BCUT2D eigenvalue weighted by Gasteiger charge is -2.34. The van der Waals surface area contributed by atoms with E-state index in [9.17, 15) is 4.79 Å². The number of carbonyl (C=O) groups is 1. The van der Waals surface area contributed by atoms with Gasteiger partial charge in [-0.2, -0.15) is 9.97 Å². The predicted molar refractivity (Wildman–Crippen MR) is 89.3 cm³/mol. The first-order valence-corrected chi connectivity index (χ1v) is 8.86. The molecular formula is C17H27N5O. The molecule has 0 bridgehead atoms. The quantitative estimate of drug-likeness (QED) is 0.836. The van der Waals surface area contributed by atoms with E-state index in [0.29, 0.717) is 5.91 Å². The van der Waals surface area contributed by atoms with Crippen LogP contribution in [0.4, 0.5) is 5.95 Å². The Kier molecular flexibility index (Phi) is 5.08. The molecule has 2 saturated heterocycles. The van der Waals surface area contributed by atoms with Crippen molar-refractivity contribution in [2.75, 3.05) is 31.1 Å². The van der Waals surface area contributed by atoms with E-state index in [1.165, 1.54) is 12.8 Å². The van der Waals surface area contributed by atoms with Gasteiger partial charge >= 0.3 is 0 Å². The van der Waals surface area contributed by atoms with Gasteiger partial charge in [-0.25, -0.2) is 4.98 Å². The predicted octanol–water partition coefficient (Wildman–Crippen LogP) is 2.11. The second-order valence-electron chi connectivity index (χ2n) is 6.73. The average molecular weight is 317 g/mol. The van der Waals surface area contributed by atoms with Crippen LogP contribution in [-0.2, 0) is 4.79 Å². The lowest BCUT2D eigenvalue weighted by molar-refractivity contribution is -0.136. The van der Waals surface area contributed by atoms with Gasteiger partial charge in [0.15, 0.2) is 0 Å². The van der Waals surface area contributed by atoms with Crippen molar-refractivity contribution in [1.82, 2.24) is 19.9 Å². The first kappa shape index (κ1) is 16.1. The molecule has 1 aromatic heterocycles. The first-order chi connectivity index (χ1) is 11.1. The summed E-state index contributed by atoms with van der Waals surface area (Å²) in [6.07, 6.45) is 6.65. The van der Waals surface area contributed by atoms with E-state index >= 15 is 0 Å². The van der Waals surface area contributed by atoms with E-state index in [0.717, 1.165) is 69.5 Å². The Morgan fingerprint density at radius 3 is 2.00 bits per heavy atom. The van der Waals surface area contributed by atoms with Crippen molar-refractivity contribution in [2.45, 2.75) is 52.4 Å². The summed E-state index contributed by atoms with van der Waals surface area (Å²) in [5.41, 5.74) is 0. The van der Waals surface area contributed by atoms with E-state index < -0.39 is 0 Å². The Labute approximate surface area is 138 Å². The topological polar surface area (TPSA) is 62.2 Å². The molecule has 2 fully saturated rings. The van der Waals surface area contributed by atoms with Crippen LogP contribution in [0.25, 0.3) is 0 Å². The highest BCUT2D eigenvalue weighted by Gasteiger charge is 2.29. The van der Waals surface area contributed by atoms with Gasteiger partial charge in [0, 0.05) is 32.1 Å². The number of aromatic nitrogens is 3. The highest BCUT2D eigenvalue weighted by molar-refractivity contribution is 5.79. The maximum absolute atomic E-state index is 12.7. The number of rotatable bonds is 2. The summed E-state index contributed by atoms with van der Waals surface area (Å²) in [4.78, 5) is 30.1. The minimum Gasteiger partial charge on any atom is -0.342 e. The SMILES string of the molecule is Cc1nc(C)nc(N2CCC(C(=O)N3CCCCCC3)CC2)n1. The van der Waals surface area contributed by atoms with Crippen molar-refractivity contribution in [3.63, 3.8) is 0 Å². The first-order valence-electron chi connectivity index (χ1n) is 8.86. The van der Waals surface area contributed by atoms with Gasteiger partial charge in [-0.3, -0.25) is 4.79 Å². The average Bonchev–Trinajstić information content (AvgIpc) is 2.83. The standard InChI is InChI=1S/C17H27N5O/c1-13-18-14(2)20-17(19-13)22-11-7-15(8-12-22)16(23)21-9-5-3-4-6-10-21/h15H,3-12H2,1-2H3. The summed E-state index contributed by atoms with van der Waals surface area (Å²) in [6.45, 7) is 7.40. The van der Waals surface area contributed by atoms with Crippen molar-refractivity contribution in [2.24, 2.45) is 5.92 Å². The van der Waals surface area contributed by atoms with Crippen LogP contribution < -0.4 is 4.90 Å².